The average molecular weight is 494 g/mol. The molecule has 1 aliphatic rings. The molecule has 2 rings (SSSR count). The highest BCUT2D eigenvalue weighted by Crippen LogP contribution is 2.18. The molecular weight excluding hydrogens is 454 g/mol. The van der Waals surface area contributed by atoms with Crippen LogP contribution < -0.4 is 10.2 Å². The standard InChI is InChI=1S/C24H39N5O6/c1-16(2)15-33-19(30)18-14-28(10-9-25-18)20-26-11-17(12-27-20)13-29(21(31)34-23(3,4)5)22(32)35-24(6,7)8/h11-12,16,18,25H,9-10,13-15H2,1-8H3/t18-/m1/s1. The molecule has 0 radical (unpaired) electrons. The molecule has 0 bridgehead atoms. The summed E-state index contributed by atoms with van der Waals surface area (Å²) in [6, 6.07) is -0.472. The van der Waals surface area contributed by atoms with E-state index in [4.69, 9.17) is 14.2 Å². The van der Waals surface area contributed by atoms with Crippen LogP contribution in [0.3, 0.4) is 0 Å². The summed E-state index contributed by atoms with van der Waals surface area (Å²) in [7, 11) is 0. The maximum Gasteiger partial charge on any atom is 0.420 e. The van der Waals surface area contributed by atoms with Crippen molar-refractivity contribution < 1.29 is 28.6 Å². The monoisotopic (exact) mass is 493 g/mol. The first-order valence-corrected chi connectivity index (χ1v) is 11.8. The quantitative estimate of drug-likeness (QED) is 0.467. The molecule has 0 saturated carbocycles. The second-order valence-electron chi connectivity index (χ2n) is 10.9. The molecule has 0 spiro atoms. The van der Waals surface area contributed by atoms with Crippen LogP contribution in [0.2, 0.25) is 0 Å². The Morgan fingerprint density at radius 3 is 2.09 bits per heavy atom. The molecule has 1 aliphatic heterocycles. The number of hydrogen-bond donors (Lipinski definition) is 1. The largest absolute Gasteiger partial charge is 0.464 e. The van der Waals surface area contributed by atoms with Crippen molar-refractivity contribution in [3.05, 3.63) is 18.0 Å². The first-order chi connectivity index (χ1) is 16.1. The number of carbonyl (C=O) groups excluding carboxylic acids is 3. The van der Waals surface area contributed by atoms with Crippen LogP contribution in [0.5, 0.6) is 0 Å². The number of hydrogen-bond acceptors (Lipinski definition) is 10. The van der Waals surface area contributed by atoms with E-state index in [1.165, 1.54) is 12.4 Å². The minimum atomic E-state index is -0.819. The van der Waals surface area contributed by atoms with Crippen LogP contribution in [0.4, 0.5) is 15.5 Å². The van der Waals surface area contributed by atoms with E-state index < -0.39 is 29.4 Å². The fourth-order valence-electron chi connectivity index (χ4n) is 3.05. The van der Waals surface area contributed by atoms with E-state index in [-0.39, 0.29) is 18.4 Å². The number of esters is 1. The third kappa shape index (κ3) is 9.67. The number of rotatable bonds is 6. The van der Waals surface area contributed by atoms with Gasteiger partial charge in [-0.3, -0.25) is 4.79 Å². The van der Waals surface area contributed by atoms with Gasteiger partial charge in [-0.15, -0.1) is 0 Å². The molecule has 11 heteroatoms. The summed E-state index contributed by atoms with van der Waals surface area (Å²) < 4.78 is 16.1. The fraction of sp³-hybridized carbons (Fsp3) is 0.708. The molecule has 2 heterocycles. The van der Waals surface area contributed by atoms with E-state index in [1.54, 1.807) is 41.5 Å². The van der Waals surface area contributed by atoms with Gasteiger partial charge in [0.05, 0.1) is 13.2 Å². The SMILES string of the molecule is CC(C)COC(=O)[C@H]1CN(c2ncc(CN(C(=O)OC(C)(C)C)C(=O)OC(C)(C)C)cn2)CCN1. The topological polar surface area (TPSA) is 123 Å². The molecule has 1 N–H and O–H groups in total. The van der Waals surface area contributed by atoms with Gasteiger partial charge in [0.15, 0.2) is 0 Å². The van der Waals surface area contributed by atoms with E-state index in [1.807, 2.05) is 18.7 Å². The zero-order chi connectivity index (χ0) is 26.4. The molecule has 1 aromatic heterocycles. The Labute approximate surface area is 207 Å². The molecule has 2 amide bonds. The van der Waals surface area contributed by atoms with Gasteiger partial charge in [0.2, 0.25) is 5.95 Å². The van der Waals surface area contributed by atoms with Gasteiger partial charge >= 0.3 is 18.2 Å². The third-order valence-electron chi connectivity index (χ3n) is 4.56. The number of nitrogens with zero attached hydrogens (tertiary/aromatic N) is 4. The molecule has 196 valence electrons. The van der Waals surface area contributed by atoms with Crippen molar-refractivity contribution in [2.24, 2.45) is 5.92 Å². The van der Waals surface area contributed by atoms with Gasteiger partial charge in [-0.25, -0.2) is 24.5 Å². The molecule has 11 nitrogen and oxygen atoms in total. The van der Waals surface area contributed by atoms with Crippen LogP contribution in [-0.2, 0) is 25.5 Å². The van der Waals surface area contributed by atoms with Crippen molar-refractivity contribution in [2.45, 2.75) is 79.2 Å². The van der Waals surface area contributed by atoms with Crippen molar-refractivity contribution in [1.82, 2.24) is 20.2 Å². The number of amides is 2. The fourth-order valence-corrected chi connectivity index (χ4v) is 3.05. The highest BCUT2D eigenvalue weighted by Gasteiger charge is 2.32. The first-order valence-electron chi connectivity index (χ1n) is 11.8. The van der Waals surface area contributed by atoms with Crippen LogP contribution in [0.25, 0.3) is 0 Å². The number of imide groups is 1. The molecule has 0 aliphatic carbocycles. The number of anilines is 1. The Morgan fingerprint density at radius 1 is 1.06 bits per heavy atom. The van der Waals surface area contributed by atoms with E-state index in [0.29, 0.717) is 37.8 Å². The summed E-state index contributed by atoms with van der Waals surface area (Å²) >= 11 is 0. The van der Waals surface area contributed by atoms with Gasteiger partial charge in [-0.1, -0.05) is 13.8 Å². The maximum atomic E-state index is 12.7. The first kappa shape index (κ1) is 28.3. The number of nitrogens with one attached hydrogen (secondary N) is 1. The number of aromatic nitrogens is 2. The van der Waals surface area contributed by atoms with Crippen molar-refractivity contribution in [1.29, 1.82) is 0 Å². The van der Waals surface area contributed by atoms with Crippen LogP contribution in [0, 0.1) is 5.92 Å². The lowest BCUT2D eigenvalue weighted by Crippen LogP contribution is -2.55. The molecule has 1 fully saturated rings. The van der Waals surface area contributed by atoms with Gasteiger partial charge in [0.1, 0.15) is 17.2 Å². The maximum absolute atomic E-state index is 12.7. The molecule has 1 aromatic rings. The van der Waals surface area contributed by atoms with Crippen LogP contribution >= 0.6 is 0 Å². The highest BCUT2D eigenvalue weighted by atomic mass is 16.6. The van der Waals surface area contributed by atoms with E-state index in [9.17, 15) is 14.4 Å². The number of piperazine rings is 1. The Kier molecular flexibility index (Phi) is 9.42. The van der Waals surface area contributed by atoms with Crippen molar-refractivity contribution in [2.75, 3.05) is 31.1 Å². The lowest BCUT2D eigenvalue weighted by atomic mass is 10.2. The Hall–Kier alpha value is -2.95. The van der Waals surface area contributed by atoms with E-state index in [2.05, 4.69) is 15.3 Å². The zero-order valence-corrected chi connectivity index (χ0v) is 22.1. The molecule has 1 atom stereocenters. The lowest BCUT2D eigenvalue weighted by Gasteiger charge is -2.32. The summed E-state index contributed by atoms with van der Waals surface area (Å²) in [5.41, 5.74) is -1.05. The van der Waals surface area contributed by atoms with Gasteiger partial charge in [0.25, 0.3) is 0 Å². The molecule has 1 saturated heterocycles. The van der Waals surface area contributed by atoms with Gasteiger partial charge in [-0.05, 0) is 47.5 Å². The minimum Gasteiger partial charge on any atom is -0.464 e. The molecule has 0 aromatic carbocycles. The van der Waals surface area contributed by atoms with E-state index >= 15 is 0 Å². The second-order valence-corrected chi connectivity index (χ2v) is 10.9. The Morgan fingerprint density at radius 2 is 1.60 bits per heavy atom. The summed E-state index contributed by atoms with van der Waals surface area (Å²) in [5, 5.41) is 3.16. The molecule has 0 unspecified atom stereocenters. The Bertz CT molecular complexity index is 848. The lowest BCUT2D eigenvalue weighted by molar-refractivity contribution is -0.147. The van der Waals surface area contributed by atoms with Crippen LogP contribution in [0.1, 0.15) is 61.0 Å². The van der Waals surface area contributed by atoms with Crippen molar-refractivity contribution in [3.63, 3.8) is 0 Å². The van der Waals surface area contributed by atoms with Crippen LogP contribution in [-0.4, -0.2) is 76.5 Å². The summed E-state index contributed by atoms with van der Waals surface area (Å²) in [6.07, 6.45) is 1.44. The van der Waals surface area contributed by atoms with Crippen LogP contribution in [0.15, 0.2) is 12.4 Å². The van der Waals surface area contributed by atoms with E-state index in [0.717, 1.165) is 4.90 Å². The summed E-state index contributed by atoms with van der Waals surface area (Å²) in [4.78, 5) is 49.3. The van der Waals surface area contributed by atoms with Crippen molar-refractivity contribution in [3.8, 4) is 0 Å². The molecule has 35 heavy (non-hydrogen) atoms. The number of ether oxygens (including phenoxy) is 3. The van der Waals surface area contributed by atoms with Gasteiger partial charge < -0.3 is 24.4 Å². The smallest absolute Gasteiger partial charge is 0.420 e. The van der Waals surface area contributed by atoms with Gasteiger partial charge in [0, 0.05) is 37.6 Å². The predicted octanol–water partition coefficient (Wildman–Crippen LogP) is 3.13. The average Bonchev–Trinajstić information content (AvgIpc) is 2.73. The summed E-state index contributed by atoms with van der Waals surface area (Å²) in [5.74, 6) is 0.402. The zero-order valence-electron chi connectivity index (χ0n) is 22.1. The number of carbonyl (C=O) groups is 3. The Balaban J connectivity index is 2.10. The highest BCUT2D eigenvalue weighted by molar-refractivity contribution is 5.88. The van der Waals surface area contributed by atoms with Crippen molar-refractivity contribution >= 4 is 24.1 Å². The minimum absolute atomic E-state index is 0.115. The second kappa shape index (κ2) is 11.7. The third-order valence-corrected chi connectivity index (χ3v) is 4.56. The summed E-state index contributed by atoms with van der Waals surface area (Å²) in [6.45, 7) is 16.1. The van der Waals surface area contributed by atoms with Gasteiger partial charge in [-0.2, -0.15) is 0 Å². The normalized spacial score (nSPS) is 16.6. The molecular formula is C24H39N5O6. The predicted molar refractivity (Wildman–Crippen MR) is 130 cm³/mol.